The van der Waals surface area contributed by atoms with Crippen LogP contribution < -0.4 is 0 Å². The molecule has 0 amide bonds. The predicted molar refractivity (Wildman–Crippen MR) is 79.2 cm³/mol. The molecule has 2 aliphatic rings. The molecule has 2 nitrogen and oxygen atoms in total. The maximum atomic E-state index is 13.9. The van der Waals surface area contributed by atoms with Gasteiger partial charge in [0.25, 0.3) is 5.92 Å². The van der Waals surface area contributed by atoms with E-state index in [4.69, 9.17) is 0 Å². The molecule has 2 saturated heterocycles. The van der Waals surface area contributed by atoms with Crippen molar-refractivity contribution in [3.8, 4) is 0 Å². The second kappa shape index (κ2) is 5.53. The Balaban J connectivity index is 1.92. The highest BCUT2D eigenvalue weighted by atomic mass is 19.3. The SMILES string of the molecule is CC1CN(C2CCN(C(C)(C)C)CC2)CC(C)C1(F)F. The van der Waals surface area contributed by atoms with Gasteiger partial charge >= 0.3 is 0 Å². The third-order valence-electron chi connectivity index (χ3n) is 5.26. The molecule has 2 aliphatic heterocycles. The average Bonchev–Trinajstić information content (AvgIpc) is 2.35. The second-order valence-corrected chi connectivity index (χ2v) is 7.82. The molecule has 0 bridgehead atoms. The van der Waals surface area contributed by atoms with E-state index >= 15 is 0 Å². The zero-order valence-electron chi connectivity index (χ0n) is 13.6. The van der Waals surface area contributed by atoms with Crippen molar-refractivity contribution in [2.45, 2.75) is 65.0 Å². The van der Waals surface area contributed by atoms with Crippen LogP contribution in [0.2, 0.25) is 0 Å². The molecular formula is C16H30F2N2. The van der Waals surface area contributed by atoms with Crippen LogP contribution in [0.15, 0.2) is 0 Å². The van der Waals surface area contributed by atoms with Crippen molar-refractivity contribution in [1.82, 2.24) is 9.80 Å². The van der Waals surface area contributed by atoms with Crippen LogP contribution >= 0.6 is 0 Å². The van der Waals surface area contributed by atoms with Crippen molar-refractivity contribution in [3.05, 3.63) is 0 Å². The maximum Gasteiger partial charge on any atom is 0.255 e. The monoisotopic (exact) mass is 288 g/mol. The van der Waals surface area contributed by atoms with E-state index in [1.165, 1.54) is 0 Å². The lowest BCUT2D eigenvalue weighted by atomic mass is 9.85. The van der Waals surface area contributed by atoms with E-state index in [2.05, 4.69) is 30.6 Å². The topological polar surface area (TPSA) is 6.48 Å². The number of hydrogen-bond donors (Lipinski definition) is 0. The Kier molecular flexibility index (Phi) is 4.46. The molecule has 0 radical (unpaired) electrons. The van der Waals surface area contributed by atoms with Crippen LogP contribution in [0, 0.1) is 11.8 Å². The fourth-order valence-corrected chi connectivity index (χ4v) is 3.71. The van der Waals surface area contributed by atoms with Crippen LogP contribution in [0.4, 0.5) is 8.78 Å². The van der Waals surface area contributed by atoms with Crippen LogP contribution in [0.25, 0.3) is 0 Å². The summed E-state index contributed by atoms with van der Waals surface area (Å²) >= 11 is 0. The zero-order valence-corrected chi connectivity index (χ0v) is 13.6. The molecule has 2 unspecified atom stereocenters. The molecule has 118 valence electrons. The molecule has 2 heterocycles. The molecule has 0 aromatic carbocycles. The first-order valence-corrected chi connectivity index (χ1v) is 7.99. The van der Waals surface area contributed by atoms with Gasteiger partial charge in [-0.05, 0) is 33.6 Å². The van der Waals surface area contributed by atoms with Gasteiger partial charge in [0, 0.05) is 49.6 Å². The van der Waals surface area contributed by atoms with Crippen LogP contribution in [0.3, 0.4) is 0 Å². The predicted octanol–water partition coefficient (Wildman–Crippen LogP) is 3.47. The Morgan fingerprint density at radius 2 is 1.40 bits per heavy atom. The first-order chi connectivity index (χ1) is 9.12. The number of likely N-dealkylation sites (tertiary alicyclic amines) is 2. The van der Waals surface area contributed by atoms with Gasteiger partial charge in [-0.1, -0.05) is 13.8 Å². The highest BCUT2D eigenvalue weighted by molar-refractivity contribution is 4.93. The van der Waals surface area contributed by atoms with Crippen molar-refractivity contribution in [2.24, 2.45) is 11.8 Å². The van der Waals surface area contributed by atoms with Crippen LogP contribution in [0.5, 0.6) is 0 Å². The van der Waals surface area contributed by atoms with Crippen molar-refractivity contribution in [2.75, 3.05) is 26.2 Å². The quantitative estimate of drug-likeness (QED) is 0.729. The van der Waals surface area contributed by atoms with Crippen molar-refractivity contribution in [1.29, 1.82) is 0 Å². The van der Waals surface area contributed by atoms with Gasteiger partial charge in [0.1, 0.15) is 0 Å². The Morgan fingerprint density at radius 3 is 1.80 bits per heavy atom. The molecule has 0 aromatic rings. The first kappa shape index (κ1) is 16.2. The molecular weight excluding hydrogens is 258 g/mol. The lowest BCUT2D eigenvalue weighted by molar-refractivity contribution is -0.148. The van der Waals surface area contributed by atoms with Crippen LogP contribution in [-0.2, 0) is 0 Å². The van der Waals surface area contributed by atoms with E-state index in [9.17, 15) is 8.78 Å². The Hall–Kier alpha value is -0.220. The van der Waals surface area contributed by atoms with Gasteiger partial charge in [0.2, 0.25) is 0 Å². The second-order valence-electron chi connectivity index (χ2n) is 7.82. The third-order valence-corrected chi connectivity index (χ3v) is 5.26. The fourth-order valence-electron chi connectivity index (χ4n) is 3.71. The molecule has 20 heavy (non-hydrogen) atoms. The van der Waals surface area contributed by atoms with Gasteiger partial charge in [-0.2, -0.15) is 0 Å². The summed E-state index contributed by atoms with van der Waals surface area (Å²) in [6.07, 6.45) is 2.23. The van der Waals surface area contributed by atoms with Crippen LogP contribution in [-0.4, -0.2) is 53.5 Å². The molecule has 4 heteroatoms. The van der Waals surface area contributed by atoms with Gasteiger partial charge in [0.05, 0.1) is 0 Å². The minimum Gasteiger partial charge on any atom is -0.299 e. The standard InChI is InChI=1S/C16H30F2N2/c1-12-10-19(11-13(2)16(12,17)18)14-6-8-20(9-7-14)15(3,4)5/h12-14H,6-11H2,1-5H3. The summed E-state index contributed by atoms with van der Waals surface area (Å²) in [6, 6.07) is 0.495. The van der Waals surface area contributed by atoms with Gasteiger partial charge in [-0.3, -0.25) is 9.80 Å². The molecule has 0 aliphatic carbocycles. The maximum absolute atomic E-state index is 13.9. The fraction of sp³-hybridized carbons (Fsp3) is 1.00. The minimum atomic E-state index is -2.50. The Labute approximate surface area is 122 Å². The molecule has 0 saturated carbocycles. The molecule has 0 aromatic heterocycles. The summed E-state index contributed by atoms with van der Waals surface area (Å²) in [5.41, 5.74) is 0.223. The van der Waals surface area contributed by atoms with Gasteiger partial charge in [0.15, 0.2) is 0 Å². The smallest absolute Gasteiger partial charge is 0.255 e. The highest BCUT2D eigenvalue weighted by Crippen LogP contribution is 2.39. The van der Waals surface area contributed by atoms with Crippen molar-refractivity contribution >= 4 is 0 Å². The largest absolute Gasteiger partial charge is 0.299 e. The summed E-state index contributed by atoms with van der Waals surface area (Å²) in [4.78, 5) is 4.83. The number of hydrogen-bond acceptors (Lipinski definition) is 2. The highest BCUT2D eigenvalue weighted by Gasteiger charge is 2.48. The number of nitrogens with zero attached hydrogens (tertiary/aromatic N) is 2. The Bertz CT molecular complexity index is 316. The summed E-state index contributed by atoms with van der Waals surface area (Å²) < 4.78 is 27.8. The lowest BCUT2D eigenvalue weighted by Crippen LogP contribution is -2.57. The molecule has 0 N–H and O–H groups in total. The van der Waals surface area contributed by atoms with E-state index in [-0.39, 0.29) is 5.54 Å². The number of piperidine rings is 2. The summed E-state index contributed by atoms with van der Waals surface area (Å²) in [5, 5.41) is 0. The van der Waals surface area contributed by atoms with E-state index in [1.807, 2.05) is 0 Å². The van der Waals surface area contributed by atoms with E-state index < -0.39 is 17.8 Å². The zero-order chi connectivity index (χ0) is 15.1. The lowest BCUT2D eigenvalue weighted by Gasteiger charge is -2.48. The number of alkyl halides is 2. The van der Waals surface area contributed by atoms with Gasteiger partial charge in [-0.25, -0.2) is 8.78 Å². The number of halogens is 2. The minimum absolute atomic E-state index is 0.223. The first-order valence-electron chi connectivity index (χ1n) is 7.99. The van der Waals surface area contributed by atoms with Crippen molar-refractivity contribution < 1.29 is 8.78 Å². The van der Waals surface area contributed by atoms with Crippen LogP contribution in [0.1, 0.15) is 47.5 Å². The third kappa shape index (κ3) is 3.16. The van der Waals surface area contributed by atoms with Gasteiger partial charge < -0.3 is 0 Å². The summed E-state index contributed by atoms with van der Waals surface area (Å²) in [6.45, 7) is 13.4. The van der Waals surface area contributed by atoms with E-state index in [1.54, 1.807) is 13.8 Å². The molecule has 2 rings (SSSR count). The Morgan fingerprint density at radius 1 is 0.950 bits per heavy atom. The van der Waals surface area contributed by atoms with E-state index in [0.29, 0.717) is 19.1 Å². The summed E-state index contributed by atoms with van der Waals surface area (Å²) in [5.74, 6) is -3.54. The molecule has 2 atom stereocenters. The van der Waals surface area contributed by atoms with Gasteiger partial charge in [-0.15, -0.1) is 0 Å². The summed E-state index contributed by atoms with van der Waals surface area (Å²) in [7, 11) is 0. The molecule has 2 fully saturated rings. The number of rotatable bonds is 1. The van der Waals surface area contributed by atoms with Crippen molar-refractivity contribution in [3.63, 3.8) is 0 Å². The normalized spacial score (nSPS) is 34.4. The average molecular weight is 288 g/mol. The molecule has 0 spiro atoms. The van der Waals surface area contributed by atoms with E-state index in [0.717, 1.165) is 25.9 Å².